The quantitative estimate of drug-likeness (QED) is 0.490. The zero-order valence-electron chi connectivity index (χ0n) is 9.49. The first-order valence-corrected chi connectivity index (χ1v) is 6.66. The van der Waals surface area contributed by atoms with Gasteiger partial charge in [0, 0.05) is 11.1 Å². The van der Waals surface area contributed by atoms with Crippen molar-refractivity contribution < 1.29 is 13.6 Å². The smallest absolute Gasteiger partial charge is 0.196 e. The summed E-state index contributed by atoms with van der Waals surface area (Å²) in [4.78, 5) is 12.2. The van der Waals surface area contributed by atoms with Crippen molar-refractivity contribution in [3.63, 3.8) is 0 Å². The van der Waals surface area contributed by atoms with Crippen molar-refractivity contribution in [2.75, 3.05) is 0 Å². The Morgan fingerprint density at radius 3 is 1.40 bits per heavy atom. The van der Waals surface area contributed by atoms with Gasteiger partial charge in [0.2, 0.25) is 0 Å². The van der Waals surface area contributed by atoms with Crippen LogP contribution in [0.15, 0.2) is 24.3 Å². The zero-order valence-corrected chi connectivity index (χ0v) is 12.5. The van der Waals surface area contributed by atoms with Gasteiger partial charge in [0.1, 0.15) is 11.6 Å². The SMILES string of the molecule is O=C(c1cc(F)c(Cl)cc1Cl)c1cc(F)c(Cl)cc1Cl. The number of hydrogen-bond acceptors (Lipinski definition) is 1. The first kappa shape index (κ1) is 15.5. The van der Waals surface area contributed by atoms with Gasteiger partial charge in [-0.05, 0) is 24.3 Å². The number of rotatable bonds is 2. The van der Waals surface area contributed by atoms with Gasteiger partial charge in [-0.25, -0.2) is 8.78 Å². The van der Waals surface area contributed by atoms with Crippen molar-refractivity contribution in [2.45, 2.75) is 0 Å². The van der Waals surface area contributed by atoms with Crippen LogP contribution in [0.3, 0.4) is 0 Å². The topological polar surface area (TPSA) is 17.1 Å². The third-order valence-electron chi connectivity index (χ3n) is 2.51. The number of carbonyl (C=O) groups excluding carboxylic acids is 1. The van der Waals surface area contributed by atoms with Crippen LogP contribution < -0.4 is 0 Å². The molecule has 0 saturated heterocycles. The van der Waals surface area contributed by atoms with Gasteiger partial charge in [-0.1, -0.05) is 46.4 Å². The van der Waals surface area contributed by atoms with Gasteiger partial charge in [-0.2, -0.15) is 0 Å². The first-order chi connectivity index (χ1) is 9.31. The Bertz CT molecular complexity index is 657. The molecule has 0 fully saturated rings. The molecule has 0 saturated carbocycles. The lowest BCUT2D eigenvalue weighted by Gasteiger charge is -2.08. The molecule has 2 aromatic carbocycles. The zero-order chi connectivity index (χ0) is 15.0. The van der Waals surface area contributed by atoms with Crippen LogP contribution in [0.4, 0.5) is 8.78 Å². The molecule has 0 aliphatic rings. The van der Waals surface area contributed by atoms with E-state index in [2.05, 4.69) is 0 Å². The Labute approximate surface area is 133 Å². The summed E-state index contributed by atoms with van der Waals surface area (Å²) in [6, 6.07) is 3.92. The standard InChI is InChI=1S/C13H4Cl4F2O/c14-7-3-9(16)11(18)1-5(7)13(20)6-2-12(19)10(17)4-8(6)15/h1-4H. The maximum absolute atomic E-state index is 13.4. The van der Waals surface area contributed by atoms with Gasteiger partial charge in [0.15, 0.2) is 5.78 Å². The number of halogens is 6. The average Bonchev–Trinajstić information content (AvgIpc) is 2.37. The van der Waals surface area contributed by atoms with E-state index in [1.54, 1.807) is 0 Å². The Morgan fingerprint density at radius 1 is 0.700 bits per heavy atom. The Morgan fingerprint density at radius 2 is 1.05 bits per heavy atom. The fourth-order valence-corrected chi connectivity index (χ4v) is 2.48. The van der Waals surface area contributed by atoms with Crippen molar-refractivity contribution in [3.8, 4) is 0 Å². The van der Waals surface area contributed by atoms with Gasteiger partial charge >= 0.3 is 0 Å². The minimum Gasteiger partial charge on any atom is -0.288 e. The molecule has 0 atom stereocenters. The Hall–Kier alpha value is -0.870. The fraction of sp³-hybridized carbons (Fsp3) is 0. The van der Waals surface area contributed by atoms with E-state index in [4.69, 9.17) is 46.4 Å². The summed E-state index contributed by atoms with van der Waals surface area (Å²) in [5, 5.41) is -0.569. The van der Waals surface area contributed by atoms with Crippen molar-refractivity contribution in [1.82, 2.24) is 0 Å². The molecular formula is C13H4Cl4F2O. The lowest BCUT2D eigenvalue weighted by molar-refractivity contribution is 0.103. The number of carbonyl (C=O) groups is 1. The van der Waals surface area contributed by atoms with Crippen LogP contribution in [0.25, 0.3) is 0 Å². The van der Waals surface area contributed by atoms with Gasteiger partial charge < -0.3 is 0 Å². The molecule has 0 heterocycles. The summed E-state index contributed by atoms with van der Waals surface area (Å²) < 4.78 is 26.8. The second kappa shape index (κ2) is 5.86. The van der Waals surface area contributed by atoms with E-state index in [0.29, 0.717) is 0 Å². The van der Waals surface area contributed by atoms with E-state index in [1.807, 2.05) is 0 Å². The summed E-state index contributed by atoms with van der Waals surface area (Å²) in [7, 11) is 0. The second-order valence-corrected chi connectivity index (χ2v) is 5.45. The first-order valence-electron chi connectivity index (χ1n) is 5.15. The van der Waals surface area contributed by atoms with E-state index in [0.717, 1.165) is 24.3 Å². The van der Waals surface area contributed by atoms with Crippen LogP contribution in [0.5, 0.6) is 0 Å². The largest absolute Gasteiger partial charge is 0.288 e. The summed E-state index contributed by atoms with van der Waals surface area (Å²) in [6.45, 7) is 0. The Kier molecular flexibility index (Phi) is 4.55. The van der Waals surface area contributed by atoms with E-state index in [1.165, 1.54) is 0 Å². The van der Waals surface area contributed by atoms with Crippen LogP contribution in [0.2, 0.25) is 20.1 Å². The molecule has 7 heteroatoms. The molecule has 0 aromatic heterocycles. The van der Waals surface area contributed by atoms with Crippen LogP contribution >= 0.6 is 46.4 Å². The maximum atomic E-state index is 13.4. The monoisotopic (exact) mass is 354 g/mol. The lowest BCUT2D eigenvalue weighted by Crippen LogP contribution is -2.05. The van der Waals surface area contributed by atoms with Gasteiger partial charge in [-0.15, -0.1) is 0 Å². The highest BCUT2D eigenvalue weighted by molar-refractivity contribution is 6.40. The molecule has 20 heavy (non-hydrogen) atoms. The molecule has 0 bridgehead atoms. The average molecular weight is 356 g/mol. The minimum absolute atomic E-state index is 0.0622. The van der Waals surface area contributed by atoms with Crippen LogP contribution in [0, 0.1) is 11.6 Å². The maximum Gasteiger partial charge on any atom is 0.196 e. The summed E-state index contributed by atoms with van der Waals surface area (Å²) in [5.41, 5.74) is -0.339. The minimum atomic E-state index is -0.815. The van der Waals surface area contributed by atoms with Crippen molar-refractivity contribution in [2.24, 2.45) is 0 Å². The van der Waals surface area contributed by atoms with Gasteiger partial charge in [-0.3, -0.25) is 4.79 Å². The number of hydrogen-bond donors (Lipinski definition) is 0. The highest BCUT2D eigenvalue weighted by Gasteiger charge is 2.20. The number of ketones is 1. The van der Waals surface area contributed by atoms with E-state index in [-0.39, 0.29) is 31.2 Å². The summed E-state index contributed by atoms with van der Waals surface area (Å²) >= 11 is 22.7. The van der Waals surface area contributed by atoms with E-state index < -0.39 is 17.4 Å². The molecular weight excluding hydrogens is 352 g/mol. The Balaban J connectivity index is 2.57. The molecule has 0 aliphatic heterocycles. The molecule has 0 amide bonds. The second-order valence-electron chi connectivity index (χ2n) is 3.82. The molecule has 0 unspecified atom stereocenters. The highest BCUT2D eigenvalue weighted by atomic mass is 35.5. The van der Waals surface area contributed by atoms with Gasteiger partial charge in [0.05, 0.1) is 20.1 Å². The van der Waals surface area contributed by atoms with Crippen molar-refractivity contribution in [1.29, 1.82) is 0 Å². The molecule has 2 aromatic rings. The lowest BCUT2D eigenvalue weighted by atomic mass is 10.0. The molecule has 0 N–H and O–H groups in total. The predicted octanol–water partition coefficient (Wildman–Crippen LogP) is 5.81. The van der Waals surface area contributed by atoms with Crippen LogP contribution in [0.1, 0.15) is 15.9 Å². The normalized spacial score (nSPS) is 10.7. The van der Waals surface area contributed by atoms with Crippen LogP contribution in [-0.2, 0) is 0 Å². The predicted molar refractivity (Wildman–Crippen MR) is 76.3 cm³/mol. The van der Waals surface area contributed by atoms with Crippen molar-refractivity contribution >= 4 is 52.2 Å². The third-order valence-corrected chi connectivity index (χ3v) is 3.71. The molecule has 0 spiro atoms. The summed E-state index contributed by atoms with van der Waals surface area (Å²) in [5.74, 6) is -2.36. The van der Waals surface area contributed by atoms with E-state index >= 15 is 0 Å². The highest BCUT2D eigenvalue weighted by Crippen LogP contribution is 2.30. The van der Waals surface area contributed by atoms with Crippen LogP contribution in [-0.4, -0.2) is 5.78 Å². The molecule has 0 radical (unpaired) electrons. The molecule has 2 rings (SSSR count). The molecule has 0 aliphatic carbocycles. The van der Waals surface area contributed by atoms with Crippen molar-refractivity contribution in [3.05, 3.63) is 67.1 Å². The van der Waals surface area contributed by atoms with Gasteiger partial charge in [0.25, 0.3) is 0 Å². The fourth-order valence-electron chi connectivity index (χ4n) is 1.54. The molecule has 1 nitrogen and oxygen atoms in total. The molecule has 104 valence electrons. The number of benzene rings is 2. The third kappa shape index (κ3) is 2.91. The van der Waals surface area contributed by atoms with E-state index in [9.17, 15) is 13.6 Å². The summed E-state index contributed by atoms with van der Waals surface area (Å²) in [6.07, 6.45) is 0.